The van der Waals surface area contributed by atoms with Gasteiger partial charge >= 0.3 is 0 Å². The highest BCUT2D eigenvalue weighted by Gasteiger charge is 2.58. The lowest BCUT2D eigenvalue weighted by Crippen LogP contribution is -2.43. The van der Waals surface area contributed by atoms with Gasteiger partial charge in [0.05, 0.1) is 11.8 Å². The summed E-state index contributed by atoms with van der Waals surface area (Å²) in [5.41, 5.74) is 0. The molecule has 2 aliphatic carbocycles. The van der Waals surface area contributed by atoms with E-state index in [9.17, 15) is 9.59 Å². The maximum atomic E-state index is 12.8. The summed E-state index contributed by atoms with van der Waals surface area (Å²) in [7, 11) is 0. The molecule has 0 aromatic rings. The number of fused-ring (bicyclic) bond motifs is 5. The molecular formula is C24H39N5O2. The van der Waals surface area contributed by atoms with Gasteiger partial charge in [0.15, 0.2) is 5.96 Å². The first kappa shape index (κ1) is 22.3. The van der Waals surface area contributed by atoms with Crippen LogP contribution in [0.15, 0.2) is 17.1 Å². The van der Waals surface area contributed by atoms with E-state index in [1.54, 1.807) is 0 Å². The van der Waals surface area contributed by atoms with Crippen molar-refractivity contribution in [3.63, 3.8) is 0 Å². The number of piperidine rings is 1. The lowest BCUT2D eigenvalue weighted by Gasteiger charge is -2.30. The second kappa shape index (κ2) is 10.2. The van der Waals surface area contributed by atoms with Crippen LogP contribution in [0.25, 0.3) is 0 Å². The van der Waals surface area contributed by atoms with Crippen LogP contribution in [0.1, 0.15) is 46.0 Å². The number of unbranched alkanes of at least 4 members (excludes halogenated alkanes) is 1. The minimum Gasteiger partial charge on any atom is -0.357 e. The number of rotatable bonds is 9. The van der Waals surface area contributed by atoms with Gasteiger partial charge < -0.3 is 15.5 Å². The zero-order valence-electron chi connectivity index (χ0n) is 19.2. The van der Waals surface area contributed by atoms with Crippen LogP contribution in [0.4, 0.5) is 0 Å². The summed E-state index contributed by atoms with van der Waals surface area (Å²) >= 11 is 0. The molecule has 0 aromatic heterocycles. The van der Waals surface area contributed by atoms with E-state index >= 15 is 0 Å². The van der Waals surface area contributed by atoms with Gasteiger partial charge in [-0.05, 0) is 76.4 Å². The number of nitrogens with one attached hydrogen (secondary N) is 2. The second-order valence-electron chi connectivity index (χ2n) is 9.75. The number of aliphatic imine (C=N–C) groups is 1. The van der Waals surface area contributed by atoms with E-state index < -0.39 is 0 Å². The van der Waals surface area contributed by atoms with Crippen LogP contribution in [-0.4, -0.2) is 73.4 Å². The van der Waals surface area contributed by atoms with Gasteiger partial charge in [-0.2, -0.15) is 0 Å². The Bertz CT molecular complexity index is 683. The van der Waals surface area contributed by atoms with Crippen LogP contribution in [0.5, 0.6) is 0 Å². The highest BCUT2D eigenvalue weighted by Crippen LogP contribution is 2.52. The Labute approximate surface area is 186 Å². The minimum atomic E-state index is -0.104. The lowest BCUT2D eigenvalue weighted by atomic mass is 9.85. The highest BCUT2D eigenvalue weighted by molar-refractivity contribution is 6.06. The largest absolute Gasteiger partial charge is 0.357 e. The molecule has 4 aliphatic rings. The molecule has 3 fully saturated rings. The van der Waals surface area contributed by atoms with E-state index in [-0.39, 0.29) is 35.5 Å². The molecule has 2 bridgehead atoms. The van der Waals surface area contributed by atoms with Crippen LogP contribution in [0.3, 0.4) is 0 Å². The van der Waals surface area contributed by atoms with Crippen molar-refractivity contribution in [3.05, 3.63) is 12.2 Å². The molecule has 2 aliphatic heterocycles. The standard InChI is InChI=1S/C24H39N5O2/c1-3-25-24(26-10-4-5-12-28-13-8-17(2)9-14-28)27-11-15-29-22(30)20-18-6-7-19(16-18)21(20)23(29)31/h6-7,17-21H,3-5,8-16H2,1-2H3,(H2,25,26,27). The smallest absolute Gasteiger partial charge is 0.233 e. The van der Waals surface area contributed by atoms with Crippen LogP contribution < -0.4 is 10.6 Å². The number of hydrogen-bond acceptors (Lipinski definition) is 4. The van der Waals surface area contributed by atoms with E-state index in [2.05, 4.69) is 39.6 Å². The third kappa shape index (κ3) is 4.97. The monoisotopic (exact) mass is 429 g/mol. The maximum absolute atomic E-state index is 12.8. The van der Waals surface area contributed by atoms with Crippen molar-refractivity contribution >= 4 is 17.8 Å². The molecule has 0 aromatic carbocycles. The third-order valence-corrected chi connectivity index (χ3v) is 7.56. The molecule has 4 rings (SSSR count). The number of hydrogen-bond donors (Lipinski definition) is 2. The quantitative estimate of drug-likeness (QED) is 0.192. The average molecular weight is 430 g/mol. The number of carbonyl (C=O) groups is 2. The van der Waals surface area contributed by atoms with E-state index in [1.165, 1.54) is 43.8 Å². The summed E-state index contributed by atoms with van der Waals surface area (Å²) in [6.07, 6.45) is 10.2. The summed E-state index contributed by atoms with van der Waals surface area (Å²) in [5, 5.41) is 6.57. The molecule has 4 atom stereocenters. The van der Waals surface area contributed by atoms with Crippen LogP contribution >= 0.6 is 0 Å². The summed E-state index contributed by atoms with van der Waals surface area (Å²) < 4.78 is 0. The zero-order chi connectivity index (χ0) is 21.8. The first-order chi connectivity index (χ1) is 15.1. The molecule has 1 saturated carbocycles. The van der Waals surface area contributed by atoms with Gasteiger partial charge in [0.25, 0.3) is 0 Å². The van der Waals surface area contributed by atoms with Crippen LogP contribution in [-0.2, 0) is 9.59 Å². The van der Waals surface area contributed by atoms with E-state index in [1.807, 2.05) is 6.92 Å². The molecule has 0 radical (unpaired) electrons. The van der Waals surface area contributed by atoms with Crippen LogP contribution in [0.2, 0.25) is 0 Å². The van der Waals surface area contributed by atoms with Gasteiger partial charge in [0.2, 0.25) is 11.8 Å². The molecule has 7 heteroatoms. The molecule has 2 heterocycles. The fourth-order valence-corrected chi connectivity index (χ4v) is 5.74. The van der Waals surface area contributed by atoms with Crippen LogP contribution in [0, 0.1) is 29.6 Å². The Hall–Kier alpha value is -1.89. The van der Waals surface area contributed by atoms with E-state index in [0.29, 0.717) is 13.1 Å². The summed E-state index contributed by atoms with van der Waals surface area (Å²) in [4.78, 5) is 34.3. The van der Waals surface area contributed by atoms with Crippen molar-refractivity contribution in [2.45, 2.75) is 46.0 Å². The molecule has 0 spiro atoms. The highest BCUT2D eigenvalue weighted by atomic mass is 16.2. The topological polar surface area (TPSA) is 77.0 Å². The predicted octanol–water partition coefficient (Wildman–Crippen LogP) is 1.86. The van der Waals surface area contributed by atoms with Crippen molar-refractivity contribution in [2.24, 2.45) is 34.6 Å². The minimum absolute atomic E-state index is 0.0303. The molecule has 4 unspecified atom stereocenters. The summed E-state index contributed by atoms with van der Waals surface area (Å²) in [6.45, 7) is 10.6. The average Bonchev–Trinajstić information content (AvgIpc) is 3.44. The molecule has 2 amide bonds. The Balaban J connectivity index is 1.17. The zero-order valence-corrected chi connectivity index (χ0v) is 19.2. The maximum Gasteiger partial charge on any atom is 0.233 e. The summed E-state index contributed by atoms with van der Waals surface area (Å²) in [5.74, 6) is 2.06. The van der Waals surface area contributed by atoms with Crippen molar-refractivity contribution < 1.29 is 9.59 Å². The lowest BCUT2D eigenvalue weighted by molar-refractivity contribution is -0.140. The first-order valence-electron chi connectivity index (χ1n) is 12.4. The third-order valence-electron chi connectivity index (χ3n) is 7.56. The van der Waals surface area contributed by atoms with Crippen molar-refractivity contribution in [1.82, 2.24) is 20.4 Å². The molecule has 2 saturated heterocycles. The van der Waals surface area contributed by atoms with Gasteiger partial charge in [-0.1, -0.05) is 19.1 Å². The number of imide groups is 1. The summed E-state index contributed by atoms with van der Waals surface area (Å²) in [6, 6.07) is 0. The van der Waals surface area contributed by atoms with E-state index in [4.69, 9.17) is 0 Å². The molecular weight excluding hydrogens is 390 g/mol. The number of carbonyl (C=O) groups excluding carboxylic acids is 2. The van der Waals surface area contributed by atoms with Gasteiger partial charge in [0, 0.05) is 26.2 Å². The fourth-order valence-electron chi connectivity index (χ4n) is 5.74. The van der Waals surface area contributed by atoms with Gasteiger partial charge in [-0.3, -0.25) is 19.5 Å². The number of amides is 2. The Morgan fingerprint density at radius 2 is 1.71 bits per heavy atom. The Morgan fingerprint density at radius 1 is 1.03 bits per heavy atom. The van der Waals surface area contributed by atoms with Gasteiger partial charge in [0.1, 0.15) is 0 Å². The predicted molar refractivity (Wildman–Crippen MR) is 122 cm³/mol. The number of nitrogens with zero attached hydrogens (tertiary/aromatic N) is 3. The number of guanidine groups is 1. The normalized spacial score (nSPS) is 31.0. The SMILES string of the molecule is CCNC(=NCCCCN1CCC(C)CC1)NCCN1C(=O)C2C3C=CC(C3)C2C1=O. The van der Waals surface area contributed by atoms with Crippen molar-refractivity contribution in [1.29, 1.82) is 0 Å². The second-order valence-corrected chi connectivity index (χ2v) is 9.75. The fraction of sp³-hybridized carbons (Fsp3) is 0.792. The molecule has 172 valence electrons. The van der Waals surface area contributed by atoms with Crippen molar-refractivity contribution in [3.8, 4) is 0 Å². The first-order valence-corrected chi connectivity index (χ1v) is 12.4. The number of likely N-dealkylation sites (tertiary alicyclic amines) is 2. The van der Waals surface area contributed by atoms with E-state index in [0.717, 1.165) is 37.8 Å². The van der Waals surface area contributed by atoms with Gasteiger partial charge in [-0.25, -0.2) is 0 Å². The van der Waals surface area contributed by atoms with Gasteiger partial charge in [-0.15, -0.1) is 0 Å². The Kier molecular flexibility index (Phi) is 7.31. The molecule has 7 nitrogen and oxygen atoms in total. The number of allylic oxidation sites excluding steroid dienone is 2. The Morgan fingerprint density at radius 3 is 2.35 bits per heavy atom. The van der Waals surface area contributed by atoms with Crippen molar-refractivity contribution in [2.75, 3.05) is 45.8 Å². The molecule has 31 heavy (non-hydrogen) atoms. The molecule has 2 N–H and O–H groups in total.